The predicted octanol–water partition coefficient (Wildman–Crippen LogP) is 1.34. The second-order valence-electron chi connectivity index (χ2n) is 4.02. The lowest BCUT2D eigenvalue weighted by molar-refractivity contribution is 0.416. The molecule has 2 aromatic rings. The zero-order valence-corrected chi connectivity index (χ0v) is 11.9. The van der Waals surface area contributed by atoms with Crippen molar-refractivity contribution in [3.8, 4) is 11.8 Å². The number of ether oxygens (including phenoxy) is 1. The van der Waals surface area contributed by atoms with Gasteiger partial charge in [0.05, 0.1) is 24.4 Å². The van der Waals surface area contributed by atoms with Gasteiger partial charge < -0.3 is 10.5 Å². The number of methoxy groups -OCH3 is 1. The minimum absolute atomic E-state index is 0.0994. The summed E-state index contributed by atoms with van der Waals surface area (Å²) < 4.78 is 32.0. The molecule has 8 heteroatoms. The minimum Gasteiger partial charge on any atom is -0.495 e. The number of pyridine rings is 1. The molecule has 0 saturated heterocycles. The average Bonchev–Trinajstić information content (AvgIpc) is 2.47. The average molecular weight is 304 g/mol. The Labute approximate surface area is 122 Å². The van der Waals surface area contributed by atoms with E-state index in [0.29, 0.717) is 5.56 Å². The Morgan fingerprint density at radius 1 is 1.38 bits per heavy atom. The molecule has 0 saturated carbocycles. The number of anilines is 2. The Balaban J connectivity index is 2.42. The second kappa shape index (κ2) is 5.68. The van der Waals surface area contributed by atoms with E-state index in [2.05, 4.69) is 9.71 Å². The fraction of sp³-hybridized carbons (Fsp3) is 0.0769. The van der Waals surface area contributed by atoms with E-state index in [1.807, 2.05) is 6.07 Å². The molecule has 3 N–H and O–H groups in total. The molecule has 1 heterocycles. The van der Waals surface area contributed by atoms with Crippen LogP contribution in [0.15, 0.2) is 41.4 Å². The van der Waals surface area contributed by atoms with Gasteiger partial charge in [-0.25, -0.2) is 13.4 Å². The number of sulfonamides is 1. The maximum atomic E-state index is 12.3. The van der Waals surface area contributed by atoms with Gasteiger partial charge in [0, 0.05) is 12.3 Å². The molecule has 0 aliphatic carbocycles. The number of nitrogens with two attached hydrogens (primary N) is 1. The van der Waals surface area contributed by atoms with Crippen LogP contribution in [0.4, 0.5) is 11.5 Å². The fourth-order valence-corrected chi connectivity index (χ4v) is 2.83. The normalized spacial score (nSPS) is 10.7. The highest BCUT2D eigenvalue weighted by Crippen LogP contribution is 2.28. The summed E-state index contributed by atoms with van der Waals surface area (Å²) in [6.45, 7) is 0. The summed E-state index contributed by atoms with van der Waals surface area (Å²) in [7, 11) is -2.51. The minimum atomic E-state index is -3.90. The van der Waals surface area contributed by atoms with Crippen molar-refractivity contribution in [3.05, 3.63) is 42.1 Å². The van der Waals surface area contributed by atoms with Crippen molar-refractivity contribution in [3.63, 3.8) is 0 Å². The predicted molar refractivity (Wildman–Crippen MR) is 77.2 cm³/mol. The lowest BCUT2D eigenvalue weighted by Gasteiger charge is -2.12. The van der Waals surface area contributed by atoms with Crippen molar-refractivity contribution in [2.45, 2.75) is 4.90 Å². The van der Waals surface area contributed by atoms with Gasteiger partial charge in [0.1, 0.15) is 16.5 Å². The molecule has 7 nitrogen and oxygen atoms in total. The highest BCUT2D eigenvalue weighted by atomic mass is 32.2. The van der Waals surface area contributed by atoms with E-state index in [-0.39, 0.29) is 22.2 Å². The van der Waals surface area contributed by atoms with Gasteiger partial charge in [0.2, 0.25) is 0 Å². The van der Waals surface area contributed by atoms with Crippen LogP contribution in [0.25, 0.3) is 0 Å². The van der Waals surface area contributed by atoms with E-state index in [1.54, 1.807) is 0 Å². The zero-order chi connectivity index (χ0) is 15.5. The molecule has 0 fully saturated rings. The molecule has 0 radical (unpaired) electrons. The zero-order valence-electron chi connectivity index (χ0n) is 11.1. The molecule has 0 aliphatic heterocycles. The number of nitriles is 1. The van der Waals surface area contributed by atoms with Crippen molar-refractivity contribution in [1.82, 2.24) is 4.98 Å². The van der Waals surface area contributed by atoms with Crippen molar-refractivity contribution < 1.29 is 13.2 Å². The largest absolute Gasteiger partial charge is 0.495 e. The molecule has 1 aromatic carbocycles. The molecule has 21 heavy (non-hydrogen) atoms. The van der Waals surface area contributed by atoms with Crippen molar-refractivity contribution in [2.24, 2.45) is 0 Å². The highest BCUT2D eigenvalue weighted by molar-refractivity contribution is 7.92. The number of nitrogens with zero attached hydrogens (tertiary/aromatic N) is 2. The van der Waals surface area contributed by atoms with Crippen LogP contribution in [0.5, 0.6) is 5.75 Å². The number of benzene rings is 1. The molecule has 0 unspecified atom stereocenters. The summed E-state index contributed by atoms with van der Waals surface area (Å²) in [5.41, 5.74) is 6.14. The summed E-state index contributed by atoms with van der Waals surface area (Å²) in [4.78, 5) is 3.61. The first-order chi connectivity index (χ1) is 9.97. The van der Waals surface area contributed by atoms with Crippen LogP contribution in [0.3, 0.4) is 0 Å². The van der Waals surface area contributed by atoms with E-state index < -0.39 is 10.0 Å². The fourth-order valence-electron chi connectivity index (χ4n) is 1.67. The number of hydrogen-bond acceptors (Lipinski definition) is 6. The van der Waals surface area contributed by atoms with E-state index in [9.17, 15) is 8.42 Å². The van der Waals surface area contributed by atoms with Crippen LogP contribution >= 0.6 is 0 Å². The van der Waals surface area contributed by atoms with Gasteiger partial charge in [0.15, 0.2) is 0 Å². The van der Waals surface area contributed by atoms with Gasteiger partial charge in [-0.1, -0.05) is 0 Å². The number of aromatic nitrogens is 1. The molecule has 0 bridgehead atoms. The van der Waals surface area contributed by atoms with Crippen molar-refractivity contribution in [1.29, 1.82) is 5.26 Å². The molecule has 0 aliphatic rings. The van der Waals surface area contributed by atoms with E-state index >= 15 is 0 Å². The van der Waals surface area contributed by atoms with Gasteiger partial charge in [-0.15, -0.1) is 0 Å². The molecular weight excluding hydrogens is 292 g/mol. The SMILES string of the molecule is COc1cc(C#N)ccc1NS(=O)(=O)c1cccnc1N. The quantitative estimate of drug-likeness (QED) is 0.880. The van der Waals surface area contributed by atoms with E-state index in [0.717, 1.165) is 0 Å². The first-order valence-corrected chi connectivity index (χ1v) is 7.27. The number of hydrogen-bond donors (Lipinski definition) is 2. The Morgan fingerprint density at radius 3 is 2.76 bits per heavy atom. The van der Waals surface area contributed by atoms with Crippen LogP contribution in [-0.4, -0.2) is 20.5 Å². The summed E-state index contributed by atoms with van der Waals surface area (Å²) >= 11 is 0. The maximum absolute atomic E-state index is 12.3. The van der Waals surface area contributed by atoms with Crippen molar-refractivity contribution in [2.75, 3.05) is 17.6 Å². The van der Waals surface area contributed by atoms with Crippen LogP contribution in [0.1, 0.15) is 5.56 Å². The third-order valence-corrected chi connectivity index (χ3v) is 4.08. The topological polar surface area (TPSA) is 118 Å². The van der Waals surface area contributed by atoms with Crippen molar-refractivity contribution >= 4 is 21.5 Å². The lowest BCUT2D eigenvalue weighted by atomic mass is 10.2. The highest BCUT2D eigenvalue weighted by Gasteiger charge is 2.19. The summed E-state index contributed by atoms with van der Waals surface area (Å²) in [6, 6.07) is 9.13. The summed E-state index contributed by atoms with van der Waals surface area (Å²) in [6.07, 6.45) is 1.40. The Morgan fingerprint density at radius 2 is 2.14 bits per heavy atom. The number of nitrogens with one attached hydrogen (secondary N) is 1. The Hall–Kier alpha value is -2.79. The van der Waals surface area contributed by atoms with Gasteiger partial charge >= 0.3 is 0 Å². The van der Waals surface area contributed by atoms with E-state index in [4.69, 9.17) is 15.7 Å². The first kappa shape index (κ1) is 14.6. The third kappa shape index (κ3) is 3.04. The molecule has 0 amide bonds. The van der Waals surface area contributed by atoms with Crippen LogP contribution in [-0.2, 0) is 10.0 Å². The van der Waals surface area contributed by atoms with Gasteiger partial charge in [-0.3, -0.25) is 4.72 Å². The molecular formula is C13H12N4O3S. The van der Waals surface area contributed by atoms with Crippen LogP contribution in [0, 0.1) is 11.3 Å². The third-order valence-electron chi connectivity index (χ3n) is 2.66. The molecule has 2 rings (SSSR count). The maximum Gasteiger partial charge on any atom is 0.265 e. The second-order valence-corrected chi connectivity index (χ2v) is 5.67. The molecule has 1 aromatic heterocycles. The van der Waals surface area contributed by atoms with Gasteiger partial charge in [-0.2, -0.15) is 5.26 Å². The van der Waals surface area contributed by atoms with E-state index in [1.165, 1.54) is 43.6 Å². The summed E-state index contributed by atoms with van der Waals surface area (Å²) in [5, 5.41) is 8.83. The molecule has 0 atom stereocenters. The summed E-state index contributed by atoms with van der Waals surface area (Å²) in [5.74, 6) is 0.137. The lowest BCUT2D eigenvalue weighted by Crippen LogP contribution is -2.16. The smallest absolute Gasteiger partial charge is 0.265 e. The standard InChI is InChI=1S/C13H12N4O3S/c1-20-11-7-9(8-14)4-5-10(11)17-21(18,19)12-3-2-6-16-13(12)15/h2-7,17H,1H3,(H2,15,16). The van der Waals surface area contributed by atoms with Gasteiger partial charge in [-0.05, 0) is 24.3 Å². The van der Waals surface area contributed by atoms with Crippen LogP contribution < -0.4 is 15.2 Å². The monoisotopic (exact) mass is 304 g/mol. The Kier molecular flexibility index (Phi) is 3.95. The Bertz CT molecular complexity index is 812. The van der Waals surface area contributed by atoms with Crippen LogP contribution in [0.2, 0.25) is 0 Å². The molecule has 0 spiro atoms. The van der Waals surface area contributed by atoms with Gasteiger partial charge in [0.25, 0.3) is 10.0 Å². The number of nitrogen functional groups attached to an aromatic ring is 1. The first-order valence-electron chi connectivity index (χ1n) is 5.79. The molecule has 108 valence electrons. The number of rotatable bonds is 4.